The van der Waals surface area contributed by atoms with Crippen LogP contribution in [-0.4, -0.2) is 31.4 Å². The van der Waals surface area contributed by atoms with Gasteiger partial charge in [-0.15, -0.1) is 0 Å². The maximum atomic E-state index is 13.7. The molecule has 0 radical (unpaired) electrons. The smallest absolute Gasteiger partial charge is 0.146 e. The summed E-state index contributed by atoms with van der Waals surface area (Å²) < 4.78 is 19.0. The van der Waals surface area contributed by atoms with E-state index >= 15 is 0 Å². The zero-order chi connectivity index (χ0) is 12.1. The van der Waals surface area contributed by atoms with Crippen LogP contribution in [-0.2, 0) is 0 Å². The average Bonchev–Trinajstić information content (AvgIpc) is 2.39. The highest BCUT2D eigenvalue weighted by Crippen LogP contribution is 2.27. The SMILES string of the molecule is OCCOc1ccc(F)c(N2CCCCC2)c1. The van der Waals surface area contributed by atoms with Gasteiger partial charge in [0.25, 0.3) is 0 Å². The van der Waals surface area contributed by atoms with Gasteiger partial charge < -0.3 is 14.7 Å². The molecule has 17 heavy (non-hydrogen) atoms. The minimum atomic E-state index is -0.205. The van der Waals surface area contributed by atoms with Crippen LogP contribution in [0.3, 0.4) is 0 Å². The first-order valence-electron chi connectivity index (χ1n) is 6.09. The quantitative estimate of drug-likeness (QED) is 0.874. The predicted molar refractivity (Wildman–Crippen MR) is 65.0 cm³/mol. The van der Waals surface area contributed by atoms with E-state index in [9.17, 15) is 4.39 Å². The lowest BCUT2D eigenvalue weighted by atomic mass is 10.1. The van der Waals surface area contributed by atoms with E-state index in [0.717, 1.165) is 25.9 Å². The largest absolute Gasteiger partial charge is 0.491 e. The highest BCUT2D eigenvalue weighted by molar-refractivity contribution is 5.52. The van der Waals surface area contributed by atoms with Crippen molar-refractivity contribution in [2.75, 3.05) is 31.2 Å². The summed E-state index contributed by atoms with van der Waals surface area (Å²) in [5.41, 5.74) is 0.611. The van der Waals surface area contributed by atoms with Crippen molar-refractivity contribution in [3.05, 3.63) is 24.0 Å². The highest BCUT2D eigenvalue weighted by Gasteiger charge is 2.15. The fourth-order valence-electron chi connectivity index (χ4n) is 2.12. The molecule has 1 heterocycles. The molecule has 1 aliphatic heterocycles. The molecule has 0 spiro atoms. The van der Waals surface area contributed by atoms with E-state index in [1.54, 1.807) is 12.1 Å². The zero-order valence-corrected chi connectivity index (χ0v) is 9.86. The molecular weight excluding hydrogens is 221 g/mol. The number of anilines is 1. The molecule has 2 rings (SSSR count). The third-order valence-electron chi connectivity index (χ3n) is 2.97. The molecule has 1 saturated heterocycles. The summed E-state index contributed by atoms with van der Waals surface area (Å²) in [6, 6.07) is 4.74. The topological polar surface area (TPSA) is 32.7 Å². The standard InChI is InChI=1S/C13H18FNO2/c14-12-5-4-11(17-9-8-16)10-13(12)15-6-2-1-3-7-15/h4-5,10,16H,1-3,6-9H2. The Bertz CT molecular complexity index is 364. The highest BCUT2D eigenvalue weighted by atomic mass is 19.1. The van der Waals surface area contributed by atoms with Gasteiger partial charge >= 0.3 is 0 Å². The van der Waals surface area contributed by atoms with Crippen molar-refractivity contribution in [2.24, 2.45) is 0 Å². The second-order valence-corrected chi connectivity index (χ2v) is 4.23. The van der Waals surface area contributed by atoms with Gasteiger partial charge in [0.2, 0.25) is 0 Å². The van der Waals surface area contributed by atoms with Crippen LogP contribution < -0.4 is 9.64 Å². The Morgan fingerprint density at radius 1 is 1.24 bits per heavy atom. The Labute approximate surface area is 101 Å². The van der Waals surface area contributed by atoms with Gasteiger partial charge in [-0.25, -0.2) is 4.39 Å². The average molecular weight is 239 g/mol. The lowest BCUT2D eigenvalue weighted by molar-refractivity contribution is 0.201. The number of rotatable bonds is 4. The number of piperidine rings is 1. The van der Waals surface area contributed by atoms with Crippen LogP contribution in [0.25, 0.3) is 0 Å². The molecular formula is C13H18FNO2. The van der Waals surface area contributed by atoms with Gasteiger partial charge in [-0.3, -0.25) is 0 Å². The van der Waals surface area contributed by atoms with Crippen molar-refractivity contribution in [3.8, 4) is 5.75 Å². The Morgan fingerprint density at radius 2 is 2.00 bits per heavy atom. The van der Waals surface area contributed by atoms with Gasteiger partial charge in [0.15, 0.2) is 0 Å². The number of aliphatic hydroxyl groups is 1. The molecule has 94 valence electrons. The van der Waals surface area contributed by atoms with E-state index < -0.39 is 0 Å². The van der Waals surface area contributed by atoms with E-state index in [-0.39, 0.29) is 19.0 Å². The van der Waals surface area contributed by atoms with Crippen LogP contribution in [0.5, 0.6) is 5.75 Å². The zero-order valence-electron chi connectivity index (χ0n) is 9.86. The van der Waals surface area contributed by atoms with E-state index in [2.05, 4.69) is 4.90 Å². The summed E-state index contributed by atoms with van der Waals surface area (Å²) in [6.45, 7) is 2.02. The van der Waals surface area contributed by atoms with Crippen LogP contribution in [0, 0.1) is 5.82 Å². The first kappa shape index (κ1) is 12.2. The van der Waals surface area contributed by atoms with Crippen molar-refractivity contribution in [2.45, 2.75) is 19.3 Å². The monoisotopic (exact) mass is 239 g/mol. The maximum absolute atomic E-state index is 13.7. The molecule has 0 aliphatic carbocycles. The fraction of sp³-hybridized carbons (Fsp3) is 0.538. The Balaban J connectivity index is 2.13. The van der Waals surface area contributed by atoms with Gasteiger partial charge in [0, 0.05) is 19.2 Å². The Kier molecular flexibility index (Phi) is 4.20. The molecule has 1 N–H and O–H groups in total. The summed E-state index contributed by atoms with van der Waals surface area (Å²) in [6.07, 6.45) is 3.45. The number of ether oxygens (including phenoxy) is 1. The summed E-state index contributed by atoms with van der Waals surface area (Å²) in [4.78, 5) is 2.06. The minimum absolute atomic E-state index is 0.0313. The molecule has 1 fully saturated rings. The van der Waals surface area contributed by atoms with Crippen molar-refractivity contribution >= 4 is 5.69 Å². The number of benzene rings is 1. The molecule has 0 unspecified atom stereocenters. The van der Waals surface area contributed by atoms with Crippen molar-refractivity contribution < 1.29 is 14.2 Å². The van der Waals surface area contributed by atoms with Crippen LogP contribution in [0.1, 0.15) is 19.3 Å². The van der Waals surface area contributed by atoms with Crippen LogP contribution in [0.2, 0.25) is 0 Å². The van der Waals surface area contributed by atoms with Crippen molar-refractivity contribution in [3.63, 3.8) is 0 Å². The third-order valence-corrected chi connectivity index (χ3v) is 2.97. The first-order chi connectivity index (χ1) is 8.31. The number of aliphatic hydroxyl groups excluding tert-OH is 1. The van der Waals surface area contributed by atoms with Gasteiger partial charge in [0.1, 0.15) is 18.2 Å². The van der Waals surface area contributed by atoms with Crippen LogP contribution in [0.15, 0.2) is 18.2 Å². The van der Waals surface area contributed by atoms with Gasteiger partial charge in [-0.05, 0) is 31.4 Å². The summed E-state index contributed by atoms with van der Waals surface area (Å²) in [5.74, 6) is 0.407. The van der Waals surface area contributed by atoms with E-state index in [4.69, 9.17) is 9.84 Å². The maximum Gasteiger partial charge on any atom is 0.146 e. The number of hydrogen-bond donors (Lipinski definition) is 1. The lowest BCUT2D eigenvalue weighted by Crippen LogP contribution is -2.30. The van der Waals surface area contributed by atoms with Gasteiger partial charge in [0.05, 0.1) is 12.3 Å². The number of halogens is 1. The molecule has 0 bridgehead atoms. The molecule has 1 aromatic carbocycles. The van der Waals surface area contributed by atoms with Crippen molar-refractivity contribution in [1.29, 1.82) is 0 Å². The molecule has 0 saturated carbocycles. The molecule has 1 aliphatic rings. The number of nitrogens with zero attached hydrogens (tertiary/aromatic N) is 1. The fourth-order valence-corrected chi connectivity index (χ4v) is 2.12. The molecule has 4 heteroatoms. The van der Waals surface area contributed by atoms with Gasteiger partial charge in [-0.2, -0.15) is 0 Å². The van der Waals surface area contributed by atoms with Gasteiger partial charge in [-0.1, -0.05) is 0 Å². The van der Waals surface area contributed by atoms with E-state index in [0.29, 0.717) is 11.4 Å². The summed E-state index contributed by atoms with van der Waals surface area (Å²) in [7, 11) is 0. The lowest BCUT2D eigenvalue weighted by Gasteiger charge is -2.29. The van der Waals surface area contributed by atoms with E-state index in [1.807, 2.05) is 0 Å². The molecule has 0 atom stereocenters. The molecule has 3 nitrogen and oxygen atoms in total. The Morgan fingerprint density at radius 3 is 2.71 bits per heavy atom. The second-order valence-electron chi connectivity index (χ2n) is 4.23. The Hall–Kier alpha value is -1.29. The second kappa shape index (κ2) is 5.87. The molecule has 1 aromatic rings. The predicted octanol–water partition coefficient (Wildman–Crippen LogP) is 2.19. The summed E-state index contributed by atoms with van der Waals surface area (Å²) in [5, 5.41) is 8.69. The number of hydrogen-bond acceptors (Lipinski definition) is 3. The summed E-state index contributed by atoms with van der Waals surface area (Å²) >= 11 is 0. The van der Waals surface area contributed by atoms with Crippen molar-refractivity contribution in [1.82, 2.24) is 0 Å². The molecule has 0 aromatic heterocycles. The molecule has 0 amide bonds. The minimum Gasteiger partial charge on any atom is -0.491 e. The third kappa shape index (κ3) is 3.09. The first-order valence-corrected chi connectivity index (χ1v) is 6.09. The normalized spacial score (nSPS) is 16.0. The van der Waals surface area contributed by atoms with Crippen LogP contribution in [0.4, 0.5) is 10.1 Å². The van der Waals surface area contributed by atoms with E-state index in [1.165, 1.54) is 12.5 Å². The van der Waals surface area contributed by atoms with Crippen LogP contribution >= 0.6 is 0 Å².